The monoisotopic (exact) mass is 468 g/mol. The molecule has 0 aliphatic heterocycles. The predicted octanol–water partition coefficient (Wildman–Crippen LogP) is 4.28. The van der Waals surface area contributed by atoms with E-state index in [1.807, 2.05) is 0 Å². The first-order chi connectivity index (χ1) is 16.0. The van der Waals surface area contributed by atoms with Crippen LogP contribution in [0.3, 0.4) is 0 Å². The molecule has 0 bridgehead atoms. The second kappa shape index (κ2) is 9.37. The minimum Gasteiger partial charge on any atom is -0.507 e. The van der Waals surface area contributed by atoms with Gasteiger partial charge in [0.15, 0.2) is 11.4 Å². The quantitative estimate of drug-likeness (QED) is 0.468. The van der Waals surface area contributed by atoms with E-state index in [0.717, 1.165) is 12.1 Å². The maximum Gasteiger partial charge on any atom is 0.419 e. The van der Waals surface area contributed by atoms with E-state index in [1.54, 1.807) is 36.4 Å². The fourth-order valence-corrected chi connectivity index (χ4v) is 3.36. The topological polar surface area (TPSA) is 110 Å². The molecule has 0 saturated carbocycles. The van der Waals surface area contributed by atoms with Crippen molar-refractivity contribution in [2.45, 2.75) is 24.7 Å². The summed E-state index contributed by atoms with van der Waals surface area (Å²) in [6.45, 7) is 0.465. The molecule has 0 aliphatic carbocycles. The zero-order valence-corrected chi connectivity index (χ0v) is 17.8. The Hall–Kier alpha value is -4.16. The Labute approximate surface area is 192 Å². The number of nitrogens with zero attached hydrogens (tertiary/aromatic N) is 1. The number of aliphatic hydroxyl groups is 1. The highest BCUT2D eigenvalue weighted by molar-refractivity contribution is 6.09. The average Bonchev–Trinajstić information content (AvgIpc) is 2.81. The van der Waals surface area contributed by atoms with Gasteiger partial charge >= 0.3 is 6.18 Å². The number of phenolic OH excluding ortho intramolecular Hbond substituents is 1. The Morgan fingerprint density at radius 1 is 0.971 bits per heavy atom. The molecule has 6 nitrogen and oxygen atoms in total. The van der Waals surface area contributed by atoms with Gasteiger partial charge in [-0.25, -0.2) is 0 Å². The van der Waals surface area contributed by atoms with Crippen molar-refractivity contribution in [3.8, 4) is 11.8 Å². The van der Waals surface area contributed by atoms with Gasteiger partial charge in [0.1, 0.15) is 5.75 Å². The number of para-hydroxylation sites is 1. The number of ketones is 1. The number of phenols is 1. The summed E-state index contributed by atoms with van der Waals surface area (Å²) < 4.78 is 41.3. The van der Waals surface area contributed by atoms with Crippen LogP contribution in [0.4, 0.5) is 13.2 Å². The van der Waals surface area contributed by atoms with Crippen molar-refractivity contribution in [3.63, 3.8) is 0 Å². The van der Waals surface area contributed by atoms with Crippen molar-refractivity contribution in [3.05, 3.63) is 101 Å². The second-order valence-corrected chi connectivity index (χ2v) is 7.68. The van der Waals surface area contributed by atoms with E-state index in [2.05, 4.69) is 5.32 Å². The number of halogens is 3. The molecular weight excluding hydrogens is 449 g/mol. The molecule has 1 amide bonds. The zero-order chi connectivity index (χ0) is 25.1. The molecule has 0 aromatic heterocycles. The van der Waals surface area contributed by atoms with E-state index in [0.29, 0.717) is 12.5 Å². The predicted molar refractivity (Wildman–Crippen MR) is 116 cm³/mol. The molecule has 9 heteroatoms. The van der Waals surface area contributed by atoms with E-state index < -0.39 is 35.3 Å². The van der Waals surface area contributed by atoms with Crippen molar-refractivity contribution in [1.29, 1.82) is 5.26 Å². The molecule has 34 heavy (non-hydrogen) atoms. The average molecular weight is 468 g/mol. The van der Waals surface area contributed by atoms with Gasteiger partial charge in [0.25, 0.3) is 5.91 Å². The van der Waals surface area contributed by atoms with E-state index in [9.17, 15) is 38.2 Å². The number of alkyl halides is 3. The first-order valence-corrected chi connectivity index (χ1v) is 9.99. The molecule has 0 saturated heterocycles. The van der Waals surface area contributed by atoms with Crippen LogP contribution in [0.15, 0.2) is 72.8 Å². The number of hydrogen-bond donors (Lipinski definition) is 3. The Morgan fingerprint density at radius 2 is 1.59 bits per heavy atom. The van der Waals surface area contributed by atoms with Gasteiger partial charge in [0.2, 0.25) is 0 Å². The lowest BCUT2D eigenvalue weighted by Crippen LogP contribution is -2.53. The number of carbonyl (C=O) groups excluding carboxylic acids is 2. The molecule has 2 atom stereocenters. The van der Waals surface area contributed by atoms with Gasteiger partial charge in [-0.3, -0.25) is 9.59 Å². The third-order valence-electron chi connectivity index (χ3n) is 5.34. The van der Waals surface area contributed by atoms with Crippen LogP contribution in [0.1, 0.15) is 50.4 Å². The minimum atomic E-state index is -5.20. The smallest absolute Gasteiger partial charge is 0.419 e. The second-order valence-electron chi connectivity index (χ2n) is 7.68. The Morgan fingerprint density at radius 3 is 2.18 bits per heavy atom. The number of amides is 1. The fourth-order valence-electron chi connectivity index (χ4n) is 3.36. The summed E-state index contributed by atoms with van der Waals surface area (Å²) in [5, 5.41) is 32.0. The number of aromatic hydroxyl groups is 1. The summed E-state index contributed by atoms with van der Waals surface area (Å²) >= 11 is 0. The number of carbonyl (C=O) groups is 2. The molecule has 174 valence electrons. The molecule has 0 spiro atoms. The summed E-state index contributed by atoms with van der Waals surface area (Å²) in [5.41, 5.74) is -4.15. The molecule has 3 N–H and O–H groups in total. The van der Waals surface area contributed by atoms with Crippen molar-refractivity contribution in [1.82, 2.24) is 5.32 Å². The van der Waals surface area contributed by atoms with Crippen molar-refractivity contribution in [2.75, 3.05) is 0 Å². The van der Waals surface area contributed by atoms with E-state index in [-0.39, 0.29) is 22.3 Å². The van der Waals surface area contributed by atoms with Gasteiger partial charge in [0, 0.05) is 11.1 Å². The highest BCUT2D eigenvalue weighted by Gasteiger charge is 2.56. The summed E-state index contributed by atoms with van der Waals surface area (Å²) in [6, 6.07) is 16.3. The molecule has 3 aromatic carbocycles. The van der Waals surface area contributed by atoms with Crippen LogP contribution >= 0.6 is 0 Å². The number of rotatable bonds is 6. The normalized spacial score (nSPS) is 13.9. The van der Waals surface area contributed by atoms with E-state index >= 15 is 0 Å². The Bertz CT molecular complexity index is 1270. The molecule has 0 aliphatic rings. The van der Waals surface area contributed by atoms with E-state index in [4.69, 9.17) is 0 Å². The third-order valence-corrected chi connectivity index (χ3v) is 5.34. The highest BCUT2D eigenvalue weighted by Crippen LogP contribution is 2.41. The molecular formula is C25H19F3N2O4. The Kier molecular flexibility index (Phi) is 6.75. The lowest BCUT2D eigenvalue weighted by Gasteiger charge is -2.35. The van der Waals surface area contributed by atoms with Crippen LogP contribution in [0.2, 0.25) is 0 Å². The van der Waals surface area contributed by atoms with Crippen molar-refractivity contribution >= 4 is 11.7 Å². The zero-order valence-electron chi connectivity index (χ0n) is 17.8. The lowest BCUT2D eigenvalue weighted by atomic mass is 9.85. The van der Waals surface area contributed by atoms with Crippen LogP contribution < -0.4 is 5.32 Å². The molecule has 2 unspecified atom stereocenters. The third kappa shape index (κ3) is 4.77. The van der Waals surface area contributed by atoms with Crippen molar-refractivity contribution in [2.24, 2.45) is 0 Å². The molecule has 0 fully saturated rings. The molecule has 3 rings (SSSR count). The molecule has 3 aromatic rings. The van der Waals surface area contributed by atoms with Crippen LogP contribution in [0.25, 0.3) is 0 Å². The highest BCUT2D eigenvalue weighted by atomic mass is 19.4. The van der Waals surface area contributed by atoms with Crippen LogP contribution in [-0.2, 0) is 0 Å². The van der Waals surface area contributed by atoms with Crippen LogP contribution in [0, 0.1) is 11.3 Å². The summed E-state index contributed by atoms with van der Waals surface area (Å²) in [4.78, 5) is 25.4. The molecule has 0 radical (unpaired) electrons. The summed E-state index contributed by atoms with van der Waals surface area (Å²) in [7, 11) is 0. The first-order valence-electron chi connectivity index (χ1n) is 9.99. The van der Waals surface area contributed by atoms with Gasteiger partial charge < -0.3 is 15.5 Å². The number of hydrogen-bond acceptors (Lipinski definition) is 5. The standard InChI is InChI=1S/C25H19F3N2O4/c1-24(34,25(26,27)28)22(30-23(33)19-9-5-6-10-20(19)31)18-12-11-16(13-17(18)14-29)21(32)15-7-3-2-4-8-15/h2-13,22,31,34H,1H3,(H,30,33). The number of nitrogens with one attached hydrogen (secondary N) is 1. The minimum absolute atomic E-state index is 0.0453. The first kappa shape index (κ1) is 24.5. The van der Waals surface area contributed by atoms with Crippen LogP contribution in [-0.4, -0.2) is 33.7 Å². The fraction of sp³-hybridized carbons (Fsp3) is 0.160. The largest absolute Gasteiger partial charge is 0.507 e. The van der Waals surface area contributed by atoms with Crippen LogP contribution in [0.5, 0.6) is 5.75 Å². The van der Waals surface area contributed by atoms with Gasteiger partial charge in [-0.05, 0) is 30.7 Å². The van der Waals surface area contributed by atoms with Crippen molar-refractivity contribution < 1.29 is 33.0 Å². The van der Waals surface area contributed by atoms with Gasteiger partial charge in [-0.1, -0.05) is 54.6 Å². The van der Waals surface area contributed by atoms with Gasteiger partial charge in [0.05, 0.1) is 23.2 Å². The SMILES string of the molecule is CC(O)(C(NC(=O)c1ccccc1O)c1ccc(C(=O)c2ccccc2)cc1C#N)C(F)(F)F. The van der Waals surface area contributed by atoms with Gasteiger partial charge in [-0.15, -0.1) is 0 Å². The molecule has 0 heterocycles. The van der Waals surface area contributed by atoms with Gasteiger partial charge in [-0.2, -0.15) is 18.4 Å². The lowest BCUT2D eigenvalue weighted by molar-refractivity contribution is -0.263. The number of benzene rings is 3. The maximum atomic E-state index is 13.8. The summed E-state index contributed by atoms with van der Waals surface area (Å²) in [5.74, 6) is -2.03. The Balaban J connectivity index is 2.09. The maximum absolute atomic E-state index is 13.8. The number of nitriles is 1. The van der Waals surface area contributed by atoms with E-state index in [1.165, 1.54) is 30.3 Å². The summed E-state index contributed by atoms with van der Waals surface area (Å²) in [6.07, 6.45) is -5.20.